The van der Waals surface area contributed by atoms with Crippen molar-refractivity contribution < 1.29 is 9.59 Å². The van der Waals surface area contributed by atoms with E-state index in [-0.39, 0.29) is 11.3 Å². The van der Waals surface area contributed by atoms with Gasteiger partial charge in [-0.3, -0.25) is 19.9 Å². The summed E-state index contributed by atoms with van der Waals surface area (Å²) in [4.78, 5) is 36.5. The Labute approximate surface area is 203 Å². The molecule has 2 aromatic rings. The van der Waals surface area contributed by atoms with Crippen molar-refractivity contribution in [3.63, 3.8) is 0 Å². The number of pyridine rings is 1. The molecule has 0 spiro atoms. The van der Waals surface area contributed by atoms with Crippen molar-refractivity contribution in [2.75, 3.05) is 0 Å². The van der Waals surface area contributed by atoms with Crippen molar-refractivity contribution in [2.24, 2.45) is 9.98 Å². The first-order valence-corrected chi connectivity index (χ1v) is 12.2. The van der Waals surface area contributed by atoms with Crippen molar-refractivity contribution in [3.05, 3.63) is 64.8 Å². The number of amides is 2. The van der Waals surface area contributed by atoms with Gasteiger partial charge in [0.1, 0.15) is 0 Å². The van der Waals surface area contributed by atoms with Crippen LogP contribution in [0.5, 0.6) is 0 Å². The zero-order chi connectivity index (χ0) is 23.9. The van der Waals surface area contributed by atoms with E-state index in [1.54, 1.807) is 12.2 Å². The van der Waals surface area contributed by atoms with E-state index in [0.717, 1.165) is 54.9 Å². The predicted octanol–water partition coefficient (Wildman–Crippen LogP) is 4.05. The number of carbonyl (C=O) groups is 2. The number of fused-ring (bicyclic) bond motifs is 1. The third-order valence-electron chi connectivity index (χ3n) is 5.96. The number of allylic oxidation sites excluding steroid dienone is 2. The molecule has 0 atom stereocenters. The van der Waals surface area contributed by atoms with E-state index in [4.69, 9.17) is 0 Å². The molecule has 1 aliphatic carbocycles. The summed E-state index contributed by atoms with van der Waals surface area (Å²) in [7, 11) is 0. The molecular weight excluding hydrogens is 448 g/mol. The average molecular weight is 477 g/mol. The maximum Gasteiger partial charge on any atom is 0.290 e. The third kappa shape index (κ3) is 5.98. The number of hydrogen-bond acceptors (Lipinski definition) is 6. The Balaban J connectivity index is 1.30. The minimum Gasteiger partial charge on any atom is -0.351 e. The van der Waals surface area contributed by atoms with Crippen LogP contribution in [-0.2, 0) is 11.3 Å². The Hall–Kier alpha value is -3.30. The quantitative estimate of drug-likeness (QED) is 0.330. The number of benzene rings is 1. The molecule has 2 aliphatic rings. The highest BCUT2D eigenvalue weighted by atomic mass is 32.2. The number of nitrogens with one attached hydrogen (secondary N) is 3. The van der Waals surface area contributed by atoms with Gasteiger partial charge in [0.05, 0.1) is 16.1 Å². The SMILES string of the molecule is C=N\C(=N/C(=C\C)/C=C1\SC(=O)NC1=O)N[C@H]1CC[C@H](NCc2cccc3cccnc23)CC1. The Morgan fingerprint density at radius 1 is 1.21 bits per heavy atom. The lowest BCUT2D eigenvalue weighted by molar-refractivity contribution is -0.115. The number of aliphatic imine (C=N–C) groups is 2. The van der Waals surface area contributed by atoms with Crippen LogP contribution in [0.3, 0.4) is 0 Å². The minimum absolute atomic E-state index is 0.248. The number of para-hydroxylation sites is 1. The smallest absolute Gasteiger partial charge is 0.290 e. The van der Waals surface area contributed by atoms with Gasteiger partial charge in [0.2, 0.25) is 5.96 Å². The molecule has 3 N–H and O–H groups in total. The molecule has 0 bridgehead atoms. The Bertz CT molecular complexity index is 1180. The van der Waals surface area contributed by atoms with Crippen LogP contribution < -0.4 is 16.0 Å². The molecule has 1 aliphatic heterocycles. The first kappa shape index (κ1) is 23.8. The molecule has 2 heterocycles. The van der Waals surface area contributed by atoms with Gasteiger partial charge in [-0.15, -0.1) is 0 Å². The molecule has 1 aromatic carbocycles. The second-order valence-corrected chi connectivity index (χ2v) is 9.24. The van der Waals surface area contributed by atoms with E-state index in [9.17, 15) is 9.59 Å². The topological polar surface area (TPSA) is 108 Å². The minimum atomic E-state index is -0.407. The standard InChI is InChI=1S/C25H28N6O2S/c1-3-18(14-21-23(32)31-25(33)34-21)29-24(26-2)30-20-11-9-19(10-12-20)28-15-17-7-4-6-16-8-5-13-27-22(16)17/h3-8,13-14,19-20,28H,2,9-12,15H2,1H3,(H,29,30)(H,31,32,33)/b18-3-,21-14-/t19-,20-. The van der Waals surface area contributed by atoms with Crippen LogP contribution in [0.25, 0.3) is 10.9 Å². The lowest BCUT2D eigenvalue weighted by Crippen LogP contribution is -2.41. The fourth-order valence-electron chi connectivity index (χ4n) is 4.16. The number of aromatic nitrogens is 1. The average Bonchev–Trinajstić information content (AvgIpc) is 3.18. The van der Waals surface area contributed by atoms with Crippen LogP contribution in [0.15, 0.2) is 69.3 Å². The van der Waals surface area contributed by atoms with Crippen LogP contribution in [0, 0.1) is 0 Å². The first-order valence-electron chi connectivity index (χ1n) is 11.3. The van der Waals surface area contributed by atoms with Crippen molar-refractivity contribution in [1.82, 2.24) is 20.9 Å². The Kier molecular flexibility index (Phi) is 7.87. The molecule has 8 nitrogen and oxygen atoms in total. The maximum absolute atomic E-state index is 11.8. The van der Waals surface area contributed by atoms with Crippen LogP contribution in [0.4, 0.5) is 4.79 Å². The highest BCUT2D eigenvalue weighted by Crippen LogP contribution is 2.25. The van der Waals surface area contributed by atoms with Crippen molar-refractivity contribution >= 4 is 46.5 Å². The normalized spacial score (nSPS) is 22.8. The van der Waals surface area contributed by atoms with E-state index < -0.39 is 5.91 Å². The lowest BCUT2D eigenvalue weighted by Gasteiger charge is -2.30. The number of guanidine groups is 1. The number of rotatable bonds is 6. The molecule has 9 heteroatoms. The molecule has 2 fully saturated rings. The molecule has 176 valence electrons. The summed E-state index contributed by atoms with van der Waals surface area (Å²) < 4.78 is 0. The monoisotopic (exact) mass is 476 g/mol. The fraction of sp³-hybridized carbons (Fsp3) is 0.320. The van der Waals surface area contributed by atoms with Gasteiger partial charge in [0.15, 0.2) is 0 Å². The number of carbonyl (C=O) groups excluding carboxylic acids is 2. The highest BCUT2D eigenvalue weighted by molar-refractivity contribution is 8.18. The third-order valence-corrected chi connectivity index (χ3v) is 6.77. The van der Waals surface area contributed by atoms with Crippen molar-refractivity contribution in [2.45, 2.75) is 51.2 Å². The largest absolute Gasteiger partial charge is 0.351 e. The number of thioether (sulfide) groups is 1. The number of nitrogens with zero attached hydrogens (tertiary/aromatic N) is 3. The zero-order valence-corrected chi connectivity index (χ0v) is 19.9. The second kappa shape index (κ2) is 11.2. The van der Waals surface area contributed by atoms with Crippen molar-refractivity contribution in [1.29, 1.82) is 0 Å². The first-order chi connectivity index (χ1) is 16.6. The number of imide groups is 1. The molecule has 0 unspecified atom stereocenters. The summed E-state index contributed by atoms with van der Waals surface area (Å²) in [5, 5.41) is 10.1. The molecule has 1 saturated carbocycles. The van der Waals surface area contributed by atoms with Crippen LogP contribution in [-0.4, -0.2) is 40.9 Å². The maximum atomic E-state index is 11.8. The van der Waals surface area contributed by atoms with Crippen molar-refractivity contribution in [3.8, 4) is 0 Å². The second-order valence-electron chi connectivity index (χ2n) is 8.23. The van der Waals surface area contributed by atoms with E-state index in [2.05, 4.69) is 61.9 Å². The molecule has 1 saturated heterocycles. The summed E-state index contributed by atoms with van der Waals surface area (Å²) in [6, 6.07) is 11.0. The van der Waals surface area contributed by atoms with Gasteiger partial charge in [-0.25, -0.2) is 9.98 Å². The molecular formula is C25H28N6O2S. The van der Waals surface area contributed by atoms with Crippen LogP contribution in [0.2, 0.25) is 0 Å². The van der Waals surface area contributed by atoms with E-state index >= 15 is 0 Å². The van der Waals surface area contributed by atoms with Gasteiger partial charge in [0, 0.05) is 30.2 Å². The zero-order valence-electron chi connectivity index (χ0n) is 19.1. The summed E-state index contributed by atoms with van der Waals surface area (Å²) in [5.74, 6) is 0.00801. The lowest BCUT2D eigenvalue weighted by atomic mass is 9.91. The molecule has 1 aromatic heterocycles. The van der Waals surface area contributed by atoms with Crippen LogP contribution >= 0.6 is 11.8 Å². The van der Waals surface area contributed by atoms with Gasteiger partial charge >= 0.3 is 0 Å². The Morgan fingerprint density at radius 2 is 1.97 bits per heavy atom. The van der Waals surface area contributed by atoms with Gasteiger partial charge in [0.25, 0.3) is 11.1 Å². The predicted molar refractivity (Wildman–Crippen MR) is 138 cm³/mol. The van der Waals surface area contributed by atoms with Gasteiger partial charge in [-0.1, -0.05) is 30.3 Å². The van der Waals surface area contributed by atoms with E-state index in [1.165, 1.54) is 5.56 Å². The Morgan fingerprint density at radius 3 is 2.68 bits per heavy atom. The summed E-state index contributed by atoms with van der Waals surface area (Å²) in [5.41, 5.74) is 2.81. The van der Waals surface area contributed by atoms with E-state index in [1.807, 2.05) is 19.2 Å². The van der Waals surface area contributed by atoms with E-state index in [0.29, 0.717) is 22.6 Å². The summed E-state index contributed by atoms with van der Waals surface area (Å²) >= 11 is 0.865. The molecule has 0 radical (unpaired) electrons. The summed E-state index contributed by atoms with van der Waals surface area (Å²) in [6.07, 6.45) is 9.24. The molecule has 34 heavy (non-hydrogen) atoms. The summed E-state index contributed by atoms with van der Waals surface area (Å²) in [6.45, 7) is 6.24. The molecule has 2 amide bonds. The fourth-order valence-corrected chi connectivity index (χ4v) is 4.83. The molecule has 4 rings (SSSR count). The van der Waals surface area contributed by atoms with Crippen LogP contribution in [0.1, 0.15) is 38.2 Å². The van der Waals surface area contributed by atoms with Gasteiger partial charge < -0.3 is 10.6 Å². The van der Waals surface area contributed by atoms with Gasteiger partial charge in [-0.2, -0.15) is 0 Å². The number of hydrogen-bond donors (Lipinski definition) is 3. The van der Waals surface area contributed by atoms with Gasteiger partial charge in [-0.05, 0) is 68.8 Å². The highest BCUT2D eigenvalue weighted by Gasteiger charge is 2.25.